The Bertz CT molecular complexity index is 233. The molecule has 15 heavy (non-hydrogen) atoms. The number of carbonyl (C=O) groups excluding carboxylic acids is 1. The lowest BCUT2D eigenvalue weighted by atomic mass is 9.80. The van der Waals surface area contributed by atoms with Crippen LogP contribution in [0.5, 0.6) is 0 Å². The number of ether oxygens (including phenoxy) is 1. The van der Waals surface area contributed by atoms with Gasteiger partial charge in [-0.2, -0.15) is 0 Å². The average Bonchev–Trinajstić information content (AvgIpc) is 3.03. The minimum atomic E-state index is 0.335. The molecule has 2 rings (SSSR count). The molecule has 86 valence electrons. The van der Waals surface area contributed by atoms with Gasteiger partial charge in [0.2, 0.25) is 0 Å². The Morgan fingerprint density at radius 3 is 2.47 bits per heavy atom. The third-order valence-corrected chi connectivity index (χ3v) is 4.04. The second-order valence-electron chi connectivity index (χ2n) is 5.44. The van der Waals surface area contributed by atoms with Crippen molar-refractivity contribution in [1.29, 1.82) is 0 Å². The molecule has 0 saturated heterocycles. The Morgan fingerprint density at radius 1 is 1.13 bits per heavy atom. The highest BCUT2D eigenvalue weighted by atomic mass is 16.5. The third kappa shape index (κ3) is 3.04. The first-order valence-corrected chi connectivity index (χ1v) is 6.31. The topological polar surface area (TPSA) is 26.3 Å². The Labute approximate surface area is 92.4 Å². The Morgan fingerprint density at radius 2 is 1.87 bits per heavy atom. The summed E-state index contributed by atoms with van der Waals surface area (Å²) in [6.45, 7) is 4.98. The number of Topliss-reactive ketones (excluding diaryl/α,β-unsaturated/α-hetero) is 1. The van der Waals surface area contributed by atoms with E-state index in [1.54, 1.807) is 0 Å². The van der Waals surface area contributed by atoms with Crippen LogP contribution in [0.3, 0.4) is 0 Å². The summed E-state index contributed by atoms with van der Waals surface area (Å²) >= 11 is 0. The molecule has 3 atom stereocenters. The quantitative estimate of drug-likeness (QED) is 0.713. The van der Waals surface area contributed by atoms with Crippen LogP contribution >= 0.6 is 0 Å². The van der Waals surface area contributed by atoms with E-state index in [9.17, 15) is 4.79 Å². The second-order valence-corrected chi connectivity index (χ2v) is 5.44. The van der Waals surface area contributed by atoms with E-state index in [1.165, 1.54) is 6.42 Å². The molecule has 0 amide bonds. The first-order valence-electron chi connectivity index (χ1n) is 6.31. The van der Waals surface area contributed by atoms with Gasteiger partial charge in [-0.3, -0.25) is 4.79 Å². The van der Waals surface area contributed by atoms with E-state index >= 15 is 0 Å². The molecule has 2 saturated carbocycles. The lowest BCUT2D eigenvalue weighted by molar-refractivity contribution is -0.128. The summed E-state index contributed by atoms with van der Waals surface area (Å²) in [6, 6.07) is 0. The predicted octanol–water partition coefficient (Wildman–Crippen LogP) is 2.81. The smallest absolute Gasteiger partial charge is 0.161 e. The SMILES string of the molecule is CC1CCC(OCC(=O)C2CC2)CC1C. The largest absolute Gasteiger partial charge is 0.370 e. The molecule has 2 heteroatoms. The fraction of sp³-hybridized carbons (Fsp3) is 0.923. The van der Waals surface area contributed by atoms with E-state index in [0.29, 0.717) is 24.4 Å². The first-order chi connectivity index (χ1) is 7.16. The summed E-state index contributed by atoms with van der Waals surface area (Å²) in [5.41, 5.74) is 0. The maximum absolute atomic E-state index is 11.5. The molecule has 0 aromatic rings. The summed E-state index contributed by atoms with van der Waals surface area (Å²) in [7, 11) is 0. The van der Waals surface area contributed by atoms with E-state index < -0.39 is 0 Å². The highest BCUT2D eigenvalue weighted by Crippen LogP contribution is 2.32. The van der Waals surface area contributed by atoms with Crippen molar-refractivity contribution < 1.29 is 9.53 Å². The molecule has 0 aliphatic heterocycles. The van der Waals surface area contributed by atoms with Crippen LogP contribution in [0.15, 0.2) is 0 Å². The molecule has 0 aromatic heterocycles. The van der Waals surface area contributed by atoms with Crippen LogP contribution < -0.4 is 0 Å². The van der Waals surface area contributed by atoms with Crippen LogP contribution in [0.25, 0.3) is 0 Å². The molecule has 2 nitrogen and oxygen atoms in total. The van der Waals surface area contributed by atoms with E-state index in [2.05, 4.69) is 13.8 Å². The van der Waals surface area contributed by atoms with Crippen molar-refractivity contribution in [3.63, 3.8) is 0 Å². The van der Waals surface area contributed by atoms with Gasteiger partial charge in [0.25, 0.3) is 0 Å². The summed E-state index contributed by atoms with van der Waals surface area (Å²) in [6.07, 6.45) is 6.07. The van der Waals surface area contributed by atoms with Gasteiger partial charge in [-0.25, -0.2) is 0 Å². The zero-order valence-corrected chi connectivity index (χ0v) is 9.87. The minimum Gasteiger partial charge on any atom is -0.370 e. The molecule has 0 bridgehead atoms. The molecule has 0 N–H and O–H groups in total. The number of carbonyl (C=O) groups is 1. The average molecular weight is 210 g/mol. The molecule has 0 radical (unpaired) electrons. The molecule has 0 heterocycles. The van der Waals surface area contributed by atoms with Gasteiger partial charge in [0.05, 0.1) is 6.10 Å². The van der Waals surface area contributed by atoms with Crippen LogP contribution in [0.4, 0.5) is 0 Å². The normalized spacial score (nSPS) is 36.5. The van der Waals surface area contributed by atoms with Gasteiger partial charge in [0, 0.05) is 5.92 Å². The van der Waals surface area contributed by atoms with Crippen LogP contribution in [0, 0.1) is 17.8 Å². The van der Waals surface area contributed by atoms with E-state index in [-0.39, 0.29) is 0 Å². The summed E-state index contributed by atoms with van der Waals surface area (Å²) in [5.74, 6) is 2.26. The fourth-order valence-corrected chi connectivity index (χ4v) is 2.37. The maximum atomic E-state index is 11.5. The van der Waals surface area contributed by atoms with Crippen molar-refractivity contribution in [2.45, 2.75) is 52.1 Å². The van der Waals surface area contributed by atoms with E-state index in [4.69, 9.17) is 4.74 Å². The molecule has 2 aliphatic carbocycles. The van der Waals surface area contributed by atoms with Crippen molar-refractivity contribution in [2.75, 3.05) is 6.61 Å². The van der Waals surface area contributed by atoms with Crippen molar-refractivity contribution in [3.8, 4) is 0 Å². The predicted molar refractivity (Wildman–Crippen MR) is 59.7 cm³/mol. The Kier molecular flexibility index (Phi) is 3.45. The zero-order valence-electron chi connectivity index (χ0n) is 9.87. The first kappa shape index (κ1) is 11.1. The Balaban J connectivity index is 1.68. The second kappa shape index (κ2) is 4.65. The molecular weight excluding hydrogens is 188 g/mol. The maximum Gasteiger partial charge on any atom is 0.161 e. The van der Waals surface area contributed by atoms with Crippen molar-refractivity contribution in [3.05, 3.63) is 0 Å². The fourth-order valence-electron chi connectivity index (χ4n) is 2.37. The van der Waals surface area contributed by atoms with Gasteiger partial charge in [-0.15, -0.1) is 0 Å². The van der Waals surface area contributed by atoms with Gasteiger partial charge < -0.3 is 4.74 Å². The van der Waals surface area contributed by atoms with Gasteiger partial charge in [-0.05, 0) is 43.9 Å². The van der Waals surface area contributed by atoms with Gasteiger partial charge in [0.15, 0.2) is 5.78 Å². The molecule has 3 unspecified atom stereocenters. The lowest BCUT2D eigenvalue weighted by Crippen LogP contribution is -2.28. The van der Waals surface area contributed by atoms with Crippen molar-refractivity contribution in [1.82, 2.24) is 0 Å². The van der Waals surface area contributed by atoms with Gasteiger partial charge in [0.1, 0.15) is 6.61 Å². The number of hydrogen-bond acceptors (Lipinski definition) is 2. The molecule has 0 aromatic carbocycles. The number of ketones is 1. The zero-order chi connectivity index (χ0) is 10.8. The number of hydrogen-bond donors (Lipinski definition) is 0. The third-order valence-electron chi connectivity index (χ3n) is 4.04. The molecule has 2 fully saturated rings. The Hall–Kier alpha value is -0.370. The van der Waals surface area contributed by atoms with E-state index in [0.717, 1.165) is 37.5 Å². The van der Waals surface area contributed by atoms with Crippen LogP contribution in [-0.2, 0) is 9.53 Å². The molecule has 0 spiro atoms. The van der Waals surface area contributed by atoms with Crippen molar-refractivity contribution in [2.24, 2.45) is 17.8 Å². The van der Waals surface area contributed by atoms with Gasteiger partial charge in [-0.1, -0.05) is 13.8 Å². The van der Waals surface area contributed by atoms with Gasteiger partial charge >= 0.3 is 0 Å². The monoisotopic (exact) mass is 210 g/mol. The number of rotatable bonds is 4. The molecular formula is C13H22O2. The summed E-state index contributed by atoms with van der Waals surface area (Å²) in [4.78, 5) is 11.5. The highest BCUT2D eigenvalue weighted by Gasteiger charge is 2.31. The van der Waals surface area contributed by atoms with Crippen LogP contribution in [0.1, 0.15) is 46.0 Å². The van der Waals surface area contributed by atoms with E-state index in [1.807, 2.05) is 0 Å². The minimum absolute atomic E-state index is 0.335. The van der Waals surface area contributed by atoms with Crippen LogP contribution in [0.2, 0.25) is 0 Å². The summed E-state index contributed by atoms with van der Waals surface area (Å²) in [5, 5.41) is 0. The highest BCUT2D eigenvalue weighted by molar-refractivity contribution is 5.84. The summed E-state index contributed by atoms with van der Waals surface area (Å²) < 4.78 is 5.72. The molecule has 2 aliphatic rings. The van der Waals surface area contributed by atoms with Crippen molar-refractivity contribution >= 4 is 5.78 Å². The standard InChI is InChI=1S/C13H22O2/c1-9-3-6-12(7-10(9)2)15-8-13(14)11-4-5-11/h9-12H,3-8H2,1-2H3. The van der Waals surface area contributed by atoms with Crippen LogP contribution in [-0.4, -0.2) is 18.5 Å². The lowest BCUT2D eigenvalue weighted by Gasteiger charge is -2.31.